The van der Waals surface area contributed by atoms with Crippen molar-refractivity contribution in [3.05, 3.63) is 24.3 Å². The maximum atomic E-state index is 6.33. The Morgan fingerprint density at radius 2 is 1.72 bits per heavy atom. The Bertz CT molecular complexity index is 531. The minimum Gasteiger partial charge on any atom is -0.416 e. The summed E-state index contributed by atoms with van der Waals surface area (Å²) < 4.78 is 6.33. The molecule has 1 aromatic rings. The number of hydrogen-bond acceptors (Lipinski definition) is 4. The lowest BCUT2D eigenvalue weighted by Crippen LogP contribution is -2.46. The molecule has 142 valence electrons. The Hall–Kier alpha value is -1.04. The van der Waals surface area contributed by atoms with E-state index in [0.29, 0.717) is 6.04 Å². The number of nitrogens with two attached hydrogens (primary N) is 1. The molecule has 1 aromatic carbocycles. The van der Waals surface area contributed by atoms with E-state index in [1.165, 1.54) is 18.5 Å². The number of anilines is 2. The first-order valence-electron chi connectivity index (χ1n) is 9.55. The zero-order valence-corrected chi connectivity index (χ0v) is 18.0. The summed E-state index contributed by atoms with van der Waals surface area (Å²) in [6.07, 6.45) is 2.42. The predicted octanol–water partition coefficient (Wildman–Crippen LogP) is 4.19. The summed E-state index contributed by atoms with van der Waals surface area (Å²) in [4.78, 5) is 4.96. The lowest BCUT2D eigenvalue weighted by molar-refractivity contribution is 0.164. The zero-order chi connectivity index (χ0) is 18.7. The first kappa shape index (κ1) is 20.3. The first-order valence-corrected chi connectivity index (χ1v) is 12.5. The van der Waals surface area contributed by atoms with E-state index in [1.54, 1.807) is 0 Å². The first-order chi connectivity index (χ1) is 11.6. The number of nitrogens with zero attached hydrogens (tertiary/aromatic N) is 2. The molecular formula is C20H37N3OSi. The third-order valence-corrected chi connectivity index (χ3v) is 10.6. The van der Waals surface area contributed by atoms with Gasteiger partial charge in [0.25, 0.3) is 0 Å². The van der Waals surface area contributed by atoms with Gasteiger partial charge in [-0.1, -0.05) is 20.8 Å². The van der Waals surface area contributed by atoms with Crippen LogP contribution in [-0.4, -0.2) is 52.5 Å². The summed E-state index contributed by atoms with van der Waals surface area (Å²) in [5.41, 5.74) is 7.91. The van der Waals surface area contributed by atoms with Crippen molar-refractivity contribution >= 4 is 19.7 Å². The number of benzene rings is 1. The van der Waals surface area contributed by atoms with Crippen molar-refractivity contribution in [3.8, 4) is 0 Å². The zero-order valence-electron chi connectivity index (χ0n) is 17.0. The lowest BCUT2D eigenvalue weighted by atomic mass is 10.0. The van der Waals surface area contributed by atoms with E-state index in [9.17, 15) is 0 Å². The van der Waals surface area contributed by atoms with Gasteiger partial charge in [-0.25, -0.2) is 0 Å². The SMILES string of the molecule is CN(CCO[Si](C)(C)C(C)(C)C)C1CCN(c2ccc(N)cc2)CC1. The number of likely N-dealkylation sites (N-methyl/N-ethyl adjacent to an activating group) is 1. The molecule has 2 N–H and O–H groups in total. The Morgan fingerprint density at radius 1 is 1.16 bits per heavy atom. The summed E-state index contributed by atoms with van der Waals surface area (Å²) in [6.45, 7) is 15.7. The molecule has 25 heavy (non-hydrogen) atoms. The molecule has 0 unspecified atom stereocenters. The summed E-state index contributed by atoms with van der Waals surface area (Å²) in [6, 6.07) is 8.91. The van der Waals surface area contributed by atoms with E-state index in [4.69, 9.17) is 10.2 Å². The van der Waals surface area contributed by atoms with Gasteiger partial charge in [0.1, 0.15) is 0 Å². The average molecular weight is 364 g/mol. The highest BCUT2D eigenvalue weighted by atomic mass is 28.4. The van der Waals surface area contributed by atoms with E-state index in [1.807, 2.05) is 12.1 Å². The van der Waals surface area contributed by atoms with Gasteiger partial charge in [-0.3, -0.25) is 0 Å². The van der Waals surface area contributed by atoms with Gasteiger partial charge in [0.05, 0.1) is 0 Å². The van der Waals surface area contributed by atoms with Crippen molar-refractivity contribution in [3.63, 3.8) is 0 Å². The average Bonchev–Trinajstić information content (AvgIpc) is 2.54. The normalized spacial score (nSPS) is 17.3. The van der Waals surface area contributed by atoms with Crippen molar-refractivity contribution < 1.29 is 4.43 Å². The molecule has 1 fully saturated rings. The third kappa shape index (κ3) is 5.46. The molecular weight excluding hydrogens is 326 g/mol. The molecule has 1 saturated heterocycles. The number of rotatable bonds is 6. The van der Waals surface area contributed by atoms with Crippen LogP contribution in [-0.2, 0) is 4.43 Å². The number of piperidine rings is 1. The topological polar surface area (TPSA) is 41.7 Å². The van der Waals surface area contributed by atoms with E-state index in [0.717, 1.165) is 31.9 Å². The van der Waals surface area contributed by atoms with Crippen LogP contribution >= 0.6 is 0 Å². The second-order valence-corrected chi connectivity index (χ2v) is 13.7. The second-order valence-electron chi connectivity index (χ2n) is 8.90. The van der Waals surface area contributed by atoms with Crippen molar-refractivity contribution in [1.82, 2.24) is 4.90 Å². The van der Waals surface area contributed by atoms with Crippen molar-refractivity contribution in [2.45, 2.75) is 57.8 Å². The standard InChI is InChI=1S/C20H37N3OSi/c1-20(2,3)25(5,6)24-16-15-22(4)18-11-13-23(14-12-18)19-9-7-17(21)8-10-19/h7-10,18H,11-16,21H2,1-6H3. The molecule has 4 nitrogen and oxygen atoms in total. The van der Waals surface area contributed by atoms with Crippen LogP contribution in [0.4, 0.5) is 11.4 Å². The van der Waals surface area contributed by atoms with E-state index in [-0.39, 0.29) is 5.04 Å². The fraction of sp³-hybridized carbons (Fsp3) is 0.700. The molecule has 0 aliphatic carbocycles. The van der Waals surface area contributed by atoms with Gasteiger partial charge in [0.15, 0.2) is 8.32 Å². The molecule has 0 aromatic heterocycles. The lowest BCUT2D eigenvalue weighted by Gasteiger charge is -2.39. The van der Waals surface area contributed by atoms with Crippen molar-refractivity contribution in [2.75, 3.05) is 43.9 Å². The summed E-state index contributed by atoms with van der Waals surface area (Å²) in [5, 5.41) is 0.288. The number of hydrogen-bond donors (Lipinski definition) is 1. The Labute approximate surface area is 155 Å². The van der Waals surface area contributed by atoms with Crippen molar-refractivity contribution in [1.29, 1.82) is 0 Å². The van der Waals surface area contributed by atoms with Crippen molar-refractivity contribution in [2.24, 2.45) is 0 Å². The van der Waals surface area contributed by atoms with E-state index in [2.05, 4.69) is 62.8 Å². The molecule has 0 amide bonds. The summed E-state index contributed by atoms with van der Waals surface area (Å²) >= 11 is 0. The Morgan fingerprint density at radius 3 is 2.24 bits per heavy atom. The Kier molecular flexibility index (Phi) is 6.57. The molecule has 1 aliphatic heterocycles. The van der Waals surface area contributed by atoms with Crippen LogP contribution in [0.15, 0.2) is 24.3 Å². The molecule has 5 heteroatoms. The molecule has 1 aliphatic rings. The molecule has 0 spiro atoms. The minimum absolute atomic E-state index is 0.288. The smallest absolute Gasteiger partial charge is 0.192 e. The second kappa shape index (κ2) is 8.10. The van der Waals surface area contributed by atoms with Gasteiger partial charge < -0.3 is 20.0 Å². The highest BCUT2D eigenvalue weighted by Crippen LogP contribution is 2.36. The quantitative estimate of drug-likeness (QED) is 0.608. The van der Waals surface area contributed by atoms with E-state index >= 15 is 0 Å². The van der Waals surface area contributed by atoms with Crippen LogP contribution in [0.2, 0.25) is 18.1 Å². The molecule has 1 heterocycles. The van der Waals surface area contributed by atoms with Crippen LogP contribution in [0.1, 0.15) is 33.6 Å². The van der Waals surface area contributed by atoms with Gasteiger partial charge in [0, 0.05) is 43.7 Å². The monoisotopic (exact) mass is 363 g/mol. The predicted molar refractivity (Wildman–Crippen MR) is 112 cm³/mol. The fourth-order valence-corrected chi connectivity index (χ4v) is 4.13. The molecule has 0 radical (unpaired) electrons. The van der Waals surface area contributed by atoms with Crippen LogP contribution in [0.25, 0.3) is 0 Å². The van der Waals surface area contributed by atoms with Gasteiger partial charge >= 0.3 is 0 Å². The number of nitrogen functional groups attached to an aromatic ring is 1. The molecule has 0 atom stereocenters. The highest BCUT2D eigenvalue weighted by molar-refractivity contribution is 6.74. The fourth-order valence-electron chi connectivity index (χ4n) is 3.09. The Balaban J connectivity index is 1.76. The molecule has 0 bridgehead atoms. The van der Waals surface area contributed by atoms with E-state index < -0.39 is 8.32 Å². The van der Waals surface area contributed by atoms with Crippen LogP contribution < -0.4 is 10.6 Å². The maximum Gasteiger partial charge on any atom is 0.192 e. The van der Waals surface area contributed by atoms with Gasteiger partial charge in [-0.05, 0) is 62.3 Å². The minimum atomic E-state index is -1.63. The van der Waals surface area contributed by atoms with Gasteiger partial charge in [-0.2, -0.15) is 0 Å². The highest BCUT2D eigenvalue weighted by Gasteiger charge is 2.37. The van der Waals surface area contributed by atoms with Crippen LogP contribution in [0.3, 0.4) is 0 Å². The van der Waals surface area contributed by atoms with Crippen LogP contribution in [0, 0.1) is 0 Å². The molecule has 2 rings (SSSR count). The summed E-state index contributed by atoms with van der Waals surface area (Å²) in [5.74, 6) is 0. The van der Waals surface area contributed by atoms with Gasteiger partial charge in [0.2, 0.25) is 0 Å². The largest absolute Gasteiger partial charge is 0.416 e. The summed E-state index contributed by atoms with van der Waals surface area (Å²) in [7, 11) is 0.622. The van der Waals surface area contributed by atoms with Crippen LogP contribution in [0.5, 0.6) is 0 Å². The molecule has 0 saturated carbocycles. The third-order valence-electron chi connectivity index (χ3n) is 6.06. The van der Waals surface area contributed by atoms with Gasteiger partial charge in [-0.15, -0.1) is 0 Å². The maximum absolute atomic E-state index is 6.33.